The molecule has 55 valence electrons. The zero-order valence-corrected chi connectivity index (χ0v) is 6.64. The molecule has 0 unspecified atom stereocenters. The lowest BCUT2D eigenvalue weighted by Crippen LogP contribution is -2.22. The number of anilines is 1. The lowest BCUT2D eigenvalue weighted by Gasteiger charge is -2.15. The second-order valence-corrected chi connectivity index (χ2v) is 2.93. The van der Waals surface area contributed by atoms with E-state index in [1.165, 1.54) is 0 Å². The van der Waals surface area contributed by atoms with Crippen LogP contribution in [0.2, 0.25) is 0 Å². The summed E-state index contributed by atoms with van der Waals surface area (Å²) < 4.78 is 1.94. The van der Waals surface area contributed by atoms with E-state index in [0.29, 0.717) is 0 Å². The molecule has 2 rings (SSSR count). The third-order valence-electron chi connectivity index (χ3n) is 1.34. The number of benzene rings is 1. The minimum Gasteiger partial charge on any atom is -0.295 e. The highest BCUT2D eigenvalue weighted by atomic mass is 32.2. The van der Waals surface area contributed by atoms with Gasteiger partial charge in [-0.25, -0.2) is 4.41 Å². The summed E-state index contributed by atoms with van der Waals surface area (Å²) in [5.74, 6) is 0. The first kappa shape index (κ1) is 6.61. The Morgan fingerprint density at radius 3 is 3.09 bits per heavy atom. The smallest absolute Gasteiger partial charge is 0.0783 e. The molecule has 1 aliphatic heterocycles. The van der Waals surface area contributed by atoms with Crippen LogP contribution in [0.25, 0.3) is 0 Å². The van der Waals surface area contributed by atoms with Crippen LogP contribution < -0.4 is 9.84 Å². The van der Waals surface area contributed by atoms with Gasteiger partial charge in [0.1, 0.15) is 0 Å². The molecule has 1 radical (unpaired) electrons. The summed E-state index contributed by atoms with van der Waals surface area (Å²) in [5, 5.41) is 1.99. The molecule has 1 N–H and O–H groups in total. The van der Waals surface area contributed by atoms with Gasteiger partial charge in [0.25, 0.3) is 0 Å². The van der Waals surface area contributed by atoms with E-state index in [2.05, 4.69) is 11.5 Å². The van der Waals surface area contributed by atoms with E-state index in [9.17, 15) is 0 Å². The Morgan fingerprint density at radius 1 is 1.45 bits per heavy atom. The highest BCUT2D eigenvalue weighted by Gasteiger charge is 2.06. The van der Waals surface area contributed by atoms with Crippen LogP contribution in [0.3, 0.4) is 0 Å². The zero-order valence-electron chi connectivity index (χ0n) is 5.82. The lowest BCUT2D eigenvalue weighted by atomic mass is 10.3. The van der Waals surface area contributed by atoms with Crippen LogP contribution in [0.1, 0.15) is 0 Å². The Kier molecular flexibility index (Phi) is 1.73. The van der Waals surface area contributed by atoms with Crippen LogP contribution in [0.4, 0.5) is 5.69 Å². The van der Waals surface area contributed by atoms with E-state index >= 15 is 0 Å². The van der Waals surface area contributed by atoms with Gasteiger partial charge in [0, 0.05) is 29.6 Å². The molecule has 3 heteroatoms. The average Bonchev–Trinajstić information content (AvgIpc) is 2.58. The summed E-state index contributed by atoms with van der Waals surface area (Å²) >= 11 is 1.61. The number of nitrogens with zero attached hydrogens (tertiary/aromatic N) is 1. The van der Waals surface area contributed by atoms with Crippen molar-refractivity contribution in [3.05, 3.63) is 41.9 Å². The molecule has 0 aromatic heterocycles. The van der Waals surface area contributed by atoms with Gasteiger partial charge in [-0.3, -0.25) is 5.43 Å². The molecule has 1 aromatic rings. The quantitative estimate of drug-likeness (QED) is 0.637. The van der Waals surface area contributed by atoms with Crippen molar-refractivity contribution in [2.75, 3.05) is 4.41 Å². The van der Waals surface area contributed by atoms with Gasteiger partial charge < -0.3 is 0 Å². The molecule has 1 aliphatic rings. The van der Waals surface area contributed by atoms with Gasteiger partial charge in [-0.15, -0.1) is 0 Å². The van der Waals surface area contributed by atoms with Crippen molar-refractivity contribution in [2.45, 2.75) is 0 Å². The molecule has 0 spiro atoms. The van der Waals surface area contributed by atoms with Crippen LogP contribution in [0, 0.1) is 6.07 Å². The van der Waals surface area contributed by atoms with Gasteiger partial charge in [-0.05, 0) is 6.07 Å². The summed E-state index contributed by atoms with van der Waals surface area (Å²) in [6.07, 6.45) is 1.89. The highest BCUT2D eigenvalue weighted by Crippen LogP contribution is 2.22. The average molecular weight is 163 g/mol. The number of nitrogens with one attached hydrogen (secondary N) is 1. The Balaban J connectivity index is 2.17. The van der Waals surface area contributed by atoms with Crippen LogP contribution in [-0.2, 0) is 0 Å². The number of hydrogen-bond acceptors (Lipinski definition) is 3. The Bertz CT molecular complexity index is 250. The molecule has 0 bridgehead atoms. The highest BCUT2D eigenvalue weighted by molar-refractivity contribution is 8.03. The molecule has 0 amide bonds. The summed E-state index contributed by atoms with van der Waals surface area (Å²) in [4.78, 5) is 0. The van der Waals surface area contributed by atoms with E-state index in [0.717, 1.165) is 5.69 Å². The van der Waals surface area contributed by atoms with E-state index in [-0.39, 0.29) is 0 Å². The maximum atomic E-state index is 3.11. The van der Waals surface area contributed by atoms with E-state index in [1.54, 1.807) is 11.9 Å². The molecular weight excluding hydrogens is 156 g/mol. The van der Waals surface area contributed by atoms with Crippen molar-refractivity contribution < 1.29 is 0 Å². The normalized spacial score (nSPS) is 15.1. The zero-order chi connectivity index (χ0) is 7.52. The first-order valence-electron chi connectivity index (χ1n) is 3.31. The predicted molar refractivity (Wildman–Crippen MR) is 47.6 cm³/mol. The topological polar surface area (TPSA) is 15.3 Å². The van der Waals surface area contributed by atoms with Gasteiger partial charge in [0.2, 0.25) is 0 Å². The number of para-hydroxylation sites is 1. The summed E-state index contributed by atoms with van der Waals surface area (Å²) in [6.45, 7) is 0. The minimum absolute atomic E-state index is 1.04. The number of rotatable bonds is 1. The molecule has 1 heterocycles. The monoisotopic (exact) mass is 163 g/mol. The van der Waals surface area contributed by atoms with Gasteiger partial charge in [-0.2, -0.15) is 0 Å². The van der Waals surface area contributed by atoms with Crippen molar-refractivity contribution in [3.8, 4) is 0 Å². The predicted octanol–water partition coefficient (Wildman–Crippen LogP) is 1.93. The molecule has 0 saturated heterocycles. The fourth-order valence-electron chi connectivity index (χ4n) is 0.856. The largest absolute Gasteiger partial charge is 0.295 e. The van der Waals surface area contributed by atoms with Crippen molar-refractivity contribution in [2.24, 2.45) is 0 Å². The van der Waals surface area contributed by atoms with E-state index in [4.69, 9.17) is 0 Å². The van der Waals surface area contributed by atoms with Gasteiger partial charge in [0.15, 0.2) is 0 Å². The molecule has 11 heavy (non-hydrogen) atoms. The van der Waals surface area contributed by atoms with E-state index < -0.39 is 0 Å². The van der Waals surface area contributed by atoms with Crippen molar-refractivity contribution in [3.63, 3.8) is 0 Å². The Morgan fingerprint density at radius 2 is 2.45 bits per heavy atom. The van der Waals surface area contributed by atoms with Crippen molar-refractivity contribution in [1.82, 2.24) is 5.43 Å². The molecule has 2 nitrogen and oxygen atoms in total. The number of hydrazine groups is 1. The summed E-state index contributed by atoms with van der Waals surface area (Å²) in [5.41, 5.74) is 4.10. The fraction of sp³-hybridized carbons (Fsp3) is 0. The summed E-state index contributed by atoms with van der Waals surface area (Å²) in [7, 11) is 0. The second kappa shape index (κ2) is 2.88. The molecule has 0 saturated carbocycles. The molecule has 0 atom stereocenters. The van der Waals surface area contributed by atoms with Gasteiger partial charge in [-0.1, -0.05) is 18.2 Å². The standard InChI is InChI=1S/C8H7N2S/c1-2-4-8(5-3-1)10-9-6-7-11-10/h1-4,6-7,9H. The Labute approximate surface area is 70.0 Å². The molecule has 1 aromatic carbocycles. The molecular formula is C8H7N2S. The SMILES string of the molecule is [c]1ccccc1N1NC=CS1. The fourth-order valence-corrected chi connectivity index (χ4v) is 1.45. The van der Waals surface area contributed by atoms with E-state index in [1.807, 2.05) is 40.3 Å². The lowest BCUT2D eigenvalue weighted by molar-refractivity contribution is 0.981. The maximum absolute atomic E-state index is 3.11. The second-order valence-electron chi connectivity index (χ2n) is 2.08. The first-order valence-corrected chi connectivity index (χ1v) is 4.15. The van der Waals surface area contributed by atoms with Crippen LogP contribution in [-0.4, -0.2) is 0 Å². The van der Waals surface area contributed by atoms with Gasteiger partial charge in [0.05, 0.1) is 5.69 Å². The minimum atomic E-state index is 1.04. The molecule has 0 aliphatic carbocycles. The van der Waals surface area contributed by atoms with Crippen molar-refractivity contribution in [1.29, 1.82) is 0 Å². The Hall–Kier alpha value is -1.09. The van der Waals surface area contributed by atoms with Gasteiger partial charge >= 0.3 is 0 Å². The van der Waals surface area contributed by atoms with Crippen LogP contribution in [0.5, 0.6) is 0 Å². The van der Waals surface area contributed by atoms with Crippen LogP contribution in [0.15, 0.2) is 35.9 Å². The third-order valence-corrected chi connectivity index (χ3v) is 2.11. The van der Waals surface area contributed by atoms with Crippen molar-refractivity contribution >= 4 is 17.6 Å². The summed E-state index contributed by atoms with van der Waals surface area (Å²) in [6, 6.07) is 11.0. The third kappa shape index (κ3) is 1.33. The number of hydrogen-bond donors (Lipinski definition) is 1. The first-order chi connectivity index (χ1) is 5.47. The molecule has 0 fully saturated rings. The maximum Gasteiger partial charge on any atom is 0.0783 e. The van der Waals surface area contributed by atoms with Crippen LogP contribution >= 0.6 is 11.9 Å².